The van der Waals surface area contributed by atoms with Crippen molar-refractivity contribution < 1.29 is 9.53 Å². The van der Waals surface area contributed by atoms with E-state index in [2.05, 4.69) is 10.1 Å². The van der Waals surface area contributed by atoms with Crippen LogP contribution in [0.4, 0.5) is 5.69 Å². The summed E-state index contributed by atoms with van der Waals surface area (Å²) in [6.07, 6.45) is 0. The molecule has 1 amide bonds. The summed E-state index contributed by atoms with van der Waals surface area (Å²) in [4.78, 5) is 11.2. The normalized spacial score (nSPS) is 9.93. The van der Waals surface area contributed by atoms with Crippen LogP contribution in [0.2, 0.25) is 5.02 Å². The number of amides is 1. The van der Waals surface area contributed by atoms with E-state index in [9.17, 15) is 4.79 Å². The van der Waals surface area contributed by atoms with E-state index in [1.54, 1.807) is 12.1 Å². The van der Waals surface area contributed by atoms with E-state index in [1.165, 1.54) is 7.11 Å². The maximum Gasteiger partial charge on any atom is 0.250 e. The molecule has 1 N–H and O–H groups in total. The van der Waals surface area contributed by atoms with Gasteiger partial charge >= 0.3 is 0 Å². The number of aryl methyl sites for hydroxylation is 1. The SMILES string of the molecule is COCC(=O)Nc1ccc(C)cc1Cl. The Bertz CT molecular complexity index is 339. The Morgan fingerprint density at radius 1 is 1.57 bits per heavy atom. The van der Waals surface area contributed by atoms with E-state index in [-0.39, 0.29) is 12.5 Å². The Morgan fingerprint density at radius 3 is 2.86 bits per heavy atom. The molecule has 0 radical (unpaired) electrons. The van der Waals surface area contributed by atoms with Gasteiger partial charge in [0.25, 0.3) is 0 Å². The molecule has 3 nitrogen and oxygen atoms in total. The van der Waals surface area contributed by atoms with Crippen LogP contribution in [-0.2, 0) is 9.53 Å². The summed E-state index contributed by atoms with van der Waals surface area (Å²) in [6, 6.07) is 5.45. The van der Waals surface area contributed by atoms with Crippen LogP contribution in [0.5, 0.6) is 0 Å². The lowest BCUT2D eigenvalue weighted by Gasteiger charge is -2.06. The number of hydrogen-bond donors (Lipinski definition) is 1. The minimum Gasteiger partial charge on any atom is -0.375 e. The smallest absolute Gasteiger partial charge is 0.250 e. The summed E-state index contributed by atoms with van der Waals surface area (Å²) >= 11 is 5.92. The highest BCUT2D eigenvalue weighted by atomic mass is 35.5. The molecule has 0 aliphatic carbocycles. The lowest BCUT2D eigenvalue weighted by atomic mass is 10.2. The number of anilines is 1. The second kappa shape index (κ2) is 4.98. The third kappa shape index (κ3) is 3.01. The van der Waals surface area contributed by atoms with Gasteiger partial charge in [-0.15, -0.1) is 0 Å². The highest BCUT2D eigenvalue weighted by Crippen LogP contribution is 2.22. The molecule has 76 valence electrons. The van der Waals surface area contributed by atoms with Gasteiger partial charge < -0.3 is 10.1 Å². The molecule has 0 unspecified atom stereocenters. The predicted octanol–water partition coefficient (Wildman–Crippen LogP) is 2.23. The van der Waals surface area contributed by atoms with Crippen LogP contribution >= 0.6 is 11.6 Å². The van der Waals surface area contributed by atoms with Gasteiger partial charge in [-0.1, -0.05) is 17.7 Å². The fourth-order valence-electron chi connectivity index (χ4n) is 1.04. The van der Waals surface area contributed by atoms with Crippen molar-refractivity contribution in [2.75, 3.05) is 19.0 Å². The summed E-state index contributed by atoms with van der Waals surface area (Å²) in [5.41, 5.74) is 1.67. The molecule has 0 aromatic heterocycles. The monoisotopic (exact) mass is 213 g/mol. The molecule has 1 aromatic carbocycles. The molecule has 0 saturated heterocycles. The van der Waals surface area contributed by atoms with E-state index in [0.717, 1.165) is 5.56 Å². The molecule has 0 heterocycles. The largest absolute Gasteiger partial charge is 0.375 e. The van der Waals surface area contributed by atoms with Gasteiger partial charge in [0, 0.05) is 7.11 Å². The molecular formula is C10H12ClNO2. The molecule has 0 saturated carbocycles. The third-order valence-corrected chi connectivity index (χ3v) is 1.99. The lowest BCUT2D eigenvalue weighted by Crippen LogP contribution is -2.17. The molecule has 1 aromatic rings. The summed E-state index contributed by atoms with van der Waals surface area (Å²) in [5, 5.41) is 3.18. The molecule has 0 bridgehead atoms. The van der Waals surface area contributed by atoms with Gasteiger partial charge in [0.1, 0.15) is 6.61 Å². The first-order valence-electron chi connectivity index (χ1n) is 4.18. The number of benzene rings is 1. The standard InChI is InChI=1S/C10H12ClNO2/c1-7-3-4-9(8(11)5-7)12-10(13)6-14-2/h3-5H,6H2,1-2H3,(H,12,13). The Labute approximate surface area is 88.0 Å². The number of carbonyl (C=O) groups excluding carboxylic acids is 1. The number of hydrogen-bond acceptors (Lipinski definition) is 2. The van der Waals surface area contributed by atoms with Crippen molar-refractivity contribution in [3.05, 3.63) is 28.8 Å². The second-order valence-electron chi connectivity index (χ2n) is 2.96. The number of halogens is 1. The van der Waals surface area contributed by atoms with Gasteiger partial charge in [-0.05, 0) is 24.6 Å². The first kappa shape index (κ1) is 11.0. The topological polar surface area (TPSA) is 38.3 Å². The van der Waals surface area contributed by atoms with Crippen LogP contribution in [0, 0.1) is 6.92 Å². The van der Waals surface area contributed by atoms with Crippen LogP contribution in [0.15, 0.2) is 18.2 Å². The number of carbonyl (C=O) groups is 1. The Morgan fingerprint density at radius 2 is 2.29 bits per heavy atom. The number of rotatable bonds is 3. The number of methoxy groups -OCH3 is 1. The highest BCUT2D eigenvalue weighted by Gasteiger charge is 2.04. The minimum atomic E-state index is -0.210. The third-order valence-electron chi connectivity index (χ3n) is 1.67. The summed E-state index contributed by atoms with van der Waals surface area (Å²) in [7, 11) is 1.47. The molecular weight excluding hydrogens is 202 g/mol. The molecule has 14 heavy (non-hydrogen) atoms. The number of ether oxygens (including phenoxy) is 1. The van der Waals surface area contributed by atoms with Crippen molar-refractivity contribution in [3.8, 4) is 0 Å². The van der Waals surface area contributed by atoms with Gasteiger partial charge in [-0.25, -0.2) is 0 Å². The van der Waals surface area contributed by atoms with Crippen molar-refractivity contribution in [1.29, 1.82) is 0 Å². The van der Waals surface area contributed by atoms with Crippen LogP contribution in [0.3, 0.4) is 0 Å². The highest BCUT2D eigenvalue weighted by molar-refractivity contribution is 6.33. The zero-order chi connectivity index (χ0) is 10.6. The van der Waals surface area contributed by atoms with E-state index < -0.39 is 0 Å². The number of nitrogens with one attached hydrogen (secondary N) is 1. The Balaban J connectivity index is 2.72. The second-order valence-corrected chi connectivity index (χ2v) is 3.37. The minimum absolute atomic E-state index is 0.0319. The Hall–Kier alpha value is -1.06. The van der Waals surface area contributed by atoms with Crippen LogP contribution in [0.25, 0.3) is 0 Å². The molecule has 0 spiro atoms. The summed E-state index contributed by atoms with van der Waals surface area (Å²) in [5.74, 6) is -0.210. The average molecular weight is 214 g/mol. The van der Waals surface area contributed by atoms with Crippen LogP contribution in [0.1, 0.15) is 5.56 Å². The van der Waals surface area contributed by atoms with Crippen molar-refractivity contribution in [2.24, 2.45) is 0 Å². The summed E-state index contributed by atoms with van der Waals surface area (Å²) in [6.45, 7) is 1.97. The molecule has 0 atom stereocenters. The molecule has 1 rings (SSSR count). The van der Waals surface area contributed by atoms with E-state index in [1.807, 2.05) is 13.0 Å². The van der Waals surface area contributed by atoms with Gasteiger partial charge in [0.05, 0.1) is 10.7 Å². The van der Waals surface area contributed by atoms with Crippen molar-refractivity contribution >= 4 is 23.2 Å². The predicted molar refractivity (Wildman–Crippen MR) is 56.7 cm³/mol. The van der Waals surface area contributed by atoms with E-state index in [0.29, 0.717) is 10.7 Å². The van der Waals surface area contributed by atoms with Gasteiger partial charge in [0.15, 0.2) is 0 Å². The van der Waals surface area contributed by atoms with Gasteiger partial charge in [0.2, 0.25) is 5.91 Å². The van der Waals surface area contributed by atoms with Crippen molar-refractivity contribution in [2.45, 2.75) is 6.92 Å². The molecule has 0 aliphatic rings. The zero-order valence-corrected chi connectivity index (χ0v) is 8.89. The maximum atomic E-state index is 11.2. The van der Waals surface area contributed by atoms with Crippen LogP contribution < -0.4 is 5.32 Å². The lowest BCUT2D eigenvalue weighted by molar-refractivity contribution is -0.119. The van der Waals surface area contributed by atoms with Gasteiger partial charge in [-0.3, -0.25) is 4.79 Å². The molecule has 4 heteroatoms. The van der Waals surface area contributed by atoms with E-state index >= 15 is 0 Å². The first-order chi connectivity index (χ1) is 6.63. The Kier molecular flexibility index (Phi) is 3.92. The first-order valence-corrected chi connectivity index (χ1v) is 4.56. The van der Waals surface area contributed by atoms with Crippen LogP contribution in [-0.4, -0.2) is 19.6 Å². The summed E-state index contributed by atoms with van der Waals surface area (Å²) < 4.78 is 4.68. The maximum absolute atomic E-state index is 11.2. The molecule has 0 aliphatic heterocycles. The van der Waals surface area contributed by atoms with Gasteiger partial charge in [-0.2, -0.15) is 0 Å². The quantitative estimate of drug-likeness (QED) is 0.836. The fraction of sp³-hybridized carbons (Fsp3) is 0.300. The van der Waals surface area contributed by atoms with Crippen molar-refractivity contribution in [1.82, 2.24) is 0 Å². The fourth-order valence-corrected chi connectivity index (χ4v) is 1.32. The van der Waals surface area contributed by atoms with Crippen molar-refractivity contribution in [3.63, 3.8) is 0 Å². The average Bonchev–Trinajstić information content (AvgIpc) is 2.10. The molecule has 0 fully saturated rings. The van der Waals surface area contributed by atoms with E-state index in [4.69, 9.17) is 11.6 Å². The zero-order valence-electron chi connectivity index (χ0n) is 8.13.